The van der Waals surface area contributed by atoms with Crippen LogP contribution in [0.4, 0.5) is 5.69 Å². The van der Waals surface area contributed by atoms with Crippen LogP contribution in [-0.4, -0.2) is 25.5 Å². The summed E-state index contributed by atoms with van der Waals surface area (Å²) in [4.78, 5) is 26.6. The van der Waals surface area contributed by atoms with Gasteiger partial charge >= 0.3 is 0 Å². The zero-order chi connectivity index (χ0) is 18.7. The molecule has 5 nitrogen and oxygen atoms in total. The standard InChI is InChI=1S/C20H21ClN2O3/c1-13(14-6-8-16(21)9-7-14)22-20(25)15-10-19(24)23(12-15)17-4-3-5-18(11-17)26-2/h3-9,11,13,15H,10,12H2,1-2H3,(H,22,25)/t13-,15-/m1/s1. The van der Waals surface area contributed by atoms with Crippen LogP contribution in [0.25, 0.3) is 0 Å². The Balaban J connectivity index is 1.65. The number of hydrogen-bond acceptors (Lipinski definition) is 3. The highest BCUT2D eigenvalue weighted by Crippen LogP contribution is 2.28. The van der Waals surface area contributed by atoms with Crippen molar-refractivity contribution < 1.29 is 14.3 Å². The Kier molecular flexibility index (Phi) is 5.47. The van der Waals surface area contributed by atoms with Crippen molar-refractivity contribution in [1.82, 2.24) is 5.32 Å². The lowest BCUT2D eigenvalue weighted by Gasteiger charge is -2.19. The molecule has 2 atom stereocenters. The Bertz CT molecular complexity index is 807. The van der Waals surface area contributed by atoms with Crippen molar-refractivity contribution in [3.05, 3.63) is 59.1 Å². The Morgan fingerprint density at radius 1 is 1.27 bits per heavy atom. The number of methoxy groups -OCH3 is 1. The summed E-state index contributed by atoms with van der Waals surface area (Å²) in [5.74, 6) is 0.131. The molecule has 0 bridgehead atoms. The molecular formula is C20H21ClN2O3. The van der Waals surface area contributed by atoms with Gasteiger partial charge in [-0.15, -0.1) is 0 Å². The lowest BCUT2D eigenvalue weighted by atomic mass is 10.1. The fourth-order valence-corrected chi connectivity index (χ4v) is 3.20. The summed E-state index contributed by atoms with van der Waals surface area (Å²) >= 11 is 5.90. The molecule has 1 saturated heterocycles. The largest absolute Gasteiger partial charge is 0.497 e. The molecule has 0 spiro atoms. The molecule has 1 heterocycles. The van der Waals surface area contributed by atoms with E-state index >= 15 is 0 Å². The molecule has 0 saturated carbocycles. The van der Waals surface area contributed by atoms with E-state index in [9.17, 15) is 9.59 Å². The molecule has 26 heavy (non-hydrogen) atoms. The average molecular weight is 373 g/mol. The number of nitrogens with one attached hydrogen (secondary N) is 1. The van der Waals surface area contributed by atoms with E-state index in [4.69, 9.17) is 16.3 Å². The van der Waals surface area contributed by atoms with Crippen molar-refractivity contribution >= 4 is 29.1 Å². The van der Waals surface area contributed by atoms with Crippen LogP contribution in [-0.2, 0) is 9.59 Å². The number of halogens is 1. The monoisotopic (exact) mass is 372 g/mol. The molecule has 1 N–H and O–H groups in total. The number of ether oxygens (including phenoxy) is 1. The minimum Gasteiger partial charge on any atom is -0.497 e. The van der Waals surface area contributed by atoms with E-state index in [0.717, 1.165) is 11.3 Å². The maximum atomic E-state index is 12.6. The molecule has 136 valence electrons. The van der Waals surface area contributed by atoms with Gasteiger partial charge in [-0.05, 0) is 36.8 Å². The zero-order valence-electron chi connectivity index (χ0n) is 14.7. The van der Waals surface area contributed by atoms with Gasteiger partial charge < -0.3 is 15.0 Å². The van der Waals surface area contributed by atoms with E-state index in [0.29, 0.717) is 17.3 Å². The van der Waals surface area contributed by atoms with Crippen molar-refractivity contribution in [3.8, 4) is 5.75 Å². The maximum absolute atomic E-state index is 12.6. The summed E-state index contributed by atoms with van der Waals surface area (Å²) < 4.78 is 5.21. The van der Waals surface area contributed by atoms with Crippen molar-refractivity contribution in [2.24, 2.45) is 5.92 Å². The fraction of sp³-hybridized carbons (Fsp3) is 0.300. The summed E-state index contributed by atoms with van der Waals surface area (Å²) in [6.07, 6.45) is 0.205. The molecule has 0 aromatic heterocycles. The first-order valence-corrected chi connectivity index (χ1v) is 8.86. The minimum atomic E-state index is -0.372. The summed E-state index contributed by atoms with van der Waals surface area (Å²) in [5.41, 5.74) is 1.71. The Labute approximate surface area is 157 Å². The lowest BCUT2D eigenvalue weighted by molar-refractivity contribution is -0.126. The van der Waals surface area contributed by atoms with Crippen LogP contribution >= 0.6 is 11.6 Å². The van der Waals surface area contributed by atoms with Gasteiger partial charge in [0.05, 0.1) is 19.1 Å². The third-order valence-electron chi connectivity index (χ3n) is 4.59. The number of hydrogen-bond donors (Lipinski definition) is 1. The predicted molar refractivity (Wildman–Crippen MR) is 101 cm³/mol. The van der Waals surface area contributed by atoms with Gasteiger partial charge in [0.25, 0.3) is 0 Å². The average Bonchev–Trinajstić information content (AvgIpc) is 3.04. The van der Waals surface area contributed by atoms with Crippen molar-refractivity contribution in [1.29, 1.82) is 0 Å². The molecular weight excluding hydrogens is 352 g/mol. The lowest BCUT2D eigenvalue weighted by Crippen LogP contribution is -2.34. The van der Waals surface area contributed by atoms with E-state index in [2.05, 4.69) is 5.32 Å². The summed E-state index contributed by atoms with van der Waals surface area (Å²) in [5, 5.41) is 3.64. The van der Waals surface area contributed by atoms with Crippen LogP contribution in [0.3, 0.4) is 0 Å². The third-order valence-corrected chi connectivity index (χ3v) is 4.84. The second kappa shape index (κ2) is 7.79. The van der Waals surface area contributed by atoms with Gasteiger partial charge in [-0.1, -0.05) is 29.8 Å². The molecule has 1 aliphatic rings. The highest BCUT2D eigenvalue weighted by Gasteiger charge is 2.35. The fourth-order valence-electron chi connectivity index (χ4n) is 3.08. The normalized spacial score (nSPS) is 17.9. The van der Waals surface area contributed by atoms with Crippen LogP contribution in [0.2, 0.25) is 5.02 Å². The van der Waals surface area contributed by atoms with Gasteiger partial charge in [0.2, 0.25) is 11.8 Å². The number of amides is 2. The van der Waals surface area contributed by atoms with E-state index in [1.807, 2.05) is 37.3 Å². The van der Waals surface area contributed by atoms with Gasteiger partial charge in [-0.3, -0.25) is 9.59 Å². The maximum Gasteiger partial charge on any atom is 0.227 e. The zero-order valence-corrected chi connectivity index (χ0v) is 15.5. The number of nitrogens with zero attached hydrogens (tertiary/aromatic N) is 1. The highest BCUT2D eigenvalue weighted by molar-refractivity contribution is 6.30. The molecule has 3 rings (SSSR count). The number of anilines is 1. The Morgan fingerprint density at radius 2 is 2.00 bits per heavy atom. The SMILES string of the molecule is COc1cccc(N2C[C@H](C(=O)N[C@H](C)c3ccc(Cl)cc3)CC2=O)c1. The number of carbonyl (C=O) groups is 2. The minimum absolute atomic E-state index is 0.0578. The summed E-state index contributed by atoms with van der Waals surface area (Å²) in [6, 6.07) is 14.5. The van der Waals surface area contributed by atoms with E-state index in [1.165, 1.54) is 0 Å². The van der Waals surface area contributed by atoms with Crippen LogP contribution in [0.15, 0.2) is 48.5 Å². The molecule has 1 aliphatic heterocycles. The second-order valence-corrected chi connectivity index (χ2v) is 6.83. The van der Waals surface area contributed by atoms with Crippen molar-refractivity contribution in [3.63, 3.8) is 0 Å². The third kappa shape index (κ3) is 3.99. The summed E-state index contributed by atoms with van der Waals surface area (Å²) in [7, 11) is 1.58. The molecule has 2 amide bonds. The van der Waals surface area contributed by atoms with Crippen LogP contribution in [0, 0.1) is 5.92 Å². The number of rotatable bonds is 5. The predicted octanol–water partition coefficient (Wildman–Crippen LogP) is 3.58. The molecule has 2 aromatic carbocycles. The number of benzene rings is 2. The first kappa shape index (κ1) is 18.3. The van der Waals surface area contributed by atoms with E-state index in [1.54, 1.807) is 30.2 Å². The van der Waals surface area contributed by atoms with Crippen LogP contribution < -0.4 is 15.0 Å². The highest BCUT2D eigenvalue weighted by atomic mass is 35.5. The topological polar surface area (TPSA) is 58.6 Å². The molecule has 0 unspecified atom stereocenters. The second-order valence-electron chi connectivity index (χ2n) is 6.39. The molecule has 0 aliphatic carbocycles. The quantitative estimate of drug-likeness (QED) is 0.872. The van der Waals surface area contributed by atoms with Gasteiger partial charge in [0, 0.05) is 29.7 Å². The molecule has 6 heteroatoms. The van der Waals surface area contributed by atoms with Crippen molar-refractivity contribution in [2.45, 2.75) is 19.4 Å². The summed E-state index contributed by atoms with van der Waals surface area (Å²) in [6.45, 7) is 2.28. The van der Waals surface area contributed by atoms with Crippen molar-refractivity contribution in [2.75, 3.05) is 18.6 Å². The molecule has 1 fully saturated rings. The van der Waals surface area contributed by atoms with E-state index < -0.39 is 0 Å². The Hall–Kier alpha value is -2.53. The first-order chi connectivity index (χ1) is 12.5. The van der Waals surface area contributed by atoms with Gasteiger partial charge in [-0.25, -0.2) is 0 Å². The van der Waals surface area contributed by atoms with E-state index in [-0.39, 0.29) is 30.2 Å². The van der Waals surface area contributed by atoms with Crippen LogP contribution in [0.5, 0.6) is 5.75 Å². The van der Waals surface area contributed by atoms with Gasteiger partial charge in [-0.2, -0.15) is 0 Å². The Morgan fingerprint density at radius 3 is 2.69 bits per heavy atom. The first-order valence-electron chi connectivity index (χ1n) is 8.48. The van der Waals surface area contributed by atoms with Crippen LogP contribution in [0.1, 0.15) is 24.9 Å². The van der Waals surface area contributed by atoms with Gasteiger partial charge in [0.15, 0.2) is 0 Å². The van der Waals surface area contributed by atoms with Gasteiger partial charge in [0.1, 0.15) is 5.75 Å². The smallest absolute Gasteiger partial charge is 0.227 e. The molecule has 2 aromatic rings. The number of carbonyl (C=O) groups excluding carboxylic acids is 2. The molecule has 0 radical (unpaired) electrons.